The molecule has 21 heavy (non-hydrogen) atoms. The fourth-order valence-corrected chi connectivity index (χ4v) is 2.94. The van der Waals surface area contributed by atoms with Gasteiger partial charge in [0.25, 0.3) is 0 Å². The number of nitrogen functional groups attached to an aromatic ring is 1. The summed E-state index contributed by atoms with van der Waals surface area (Å²) in [6.45, 7) is 10.8. The number of hydrogen-bond donors (Lipinski definition) is 2. The van der Waals surface area contributed by atoms with Crippen LogP contribution in [0.1, 0.15) is 44.0 Å². The lowest BCUT2D eigenvalue weighted by atomic mass is 10.2. The largest absolute Gasteiger partial charge is 0.354 e. The number of hydrazine groups is 1. The minimum absolute atomic E-state index is 0.536. The Morgan fingerprint density at radius 3 is 2.33 bits per heavy atom. The average Bonchev–Trinajstić information content (AvgIpc) is 3.32. The molecule has 6 heteroatoms. The molecule has 2 heterocycles. The van der Waals surface area contributed by atoms with Gasteiger partial charge in [0.1, 0.15) is 17.5 Å². The van der Waals surface area contributed by atoms with E-state index in [2.05, 4.69) is 41.0 Å². The molecule has 0 aromatic carbocycles. The molecule has 2 aliphatic rings. The Hall–Kier alpha value is -1.40. The van der Waals surface area contributed by atoms with Gasteiger partial charge in [-0.05, 0) is 33.6 Å². The Labute approximate surface area is 126 Å². The quantitative estimate of drug-likeness (QED) is 0.646. The first-order valence-electron chi connectivity index (χ1n) is 7.94. The van der Waals surface area contributed by atoms with Crippen molar-refractivity contribution in [1.82, 2.24) is 14.9 Å². The van der Waals surface area contributed by atoms with Gasteiger partial charge in [-0.2, -0.15) is 0 Å². The van der Waals surface area contributed by atoms with Crippen molar-refractivity contribution in [1.29, 1.82) is 0 Å². The first-order chi connectivity index (χ1) is 10.1. The van der Waals surface area contributed by atoms with Crippen LogP contribution in [0.3, 0.4) is 0 Å². The van der Waals surface area contributed by atoms with E-state index >= 15 is 0 Å². The lowest BCUT2D eigenvalue weighted by molar-refractivity contribution is 0.209. The van der Waals surface area contributed by atoms with Gasteiger partial charge in [-0.15, -0.1) is 0 Å². The zero-order chi connectivity index (χ0) is 15.0. The van der Waals surface area contributed by atoms with Gasteiger partial charge in [0, 0.05) is 43.7 Å². The van der Waals surface area contributed by atoms with E-state index in [-0.39, 0.29) is 0 Å². The van der Waals surface area contributed by atoms with Gasteiger partial charge in [-0.25, -0.2) is 15.8 Å². The van der Waals surface area contributed by atoms with Gasteiger partial charge in [0.2, 0.25) is 0 Å². The standard InChI is InChI=1S/C15H26N6/c1-10(2)20-6-8-21(9-7-20)15-11(3)13(19-16)17-14(18-15)12-4-5-12/h10,12H,4-9,16H2,1-3H3,(H,17,18,19). The monoisotopic (exact) mass is 290 g/mol. The lowest BCUT2D eigenvalue weighted by Crippen LogP contribution is -2.49. The van der Waals surface area contributed by atoms with Gasteiger partial charge in [0.05, 0.1) is 0 Å². The number of aromatic nitrogens is 2. The van der Waals surface area contributed by atoms with E-state index in [1.54, 1.807) is 0 Å². The van der Waals surface area contributed by atoms with E-state index in [1.807, 2.05) is 0 Å². The second kappa shape index (κ2) is 5.77. The lowest BCUT2D eigenvalue weighted by Gasteiger charge is -2.38. The third-order valence-electron chi connectivity index (χ3n) is 4.56. The summed E-state index contributed by atoms with van der Waals surface area (Å²) in [6, 6.07) is 0.613. The molecule has 3 rings (SSSR count). The molecule has 1 saturated heterocycles. The Kier molecular flexibility index (Phi) is 3.99. The Morgan fingerprint density at radius 2 is 1.81 bits per heavy atom. The number of piperazine rings is 1. The summed E-state index contributed by atoms with van der Waals surface area (Å²) in [7, 11) is 0. The van der Waals surface area contributed by atoms with Crippen LogP contribution in [-0.4, -0.2) is 47.1 Å². The number of nitrogens with two attached hydrogens (primary N) is 1. The second-order valence-corrected chi connectivity index (χ2v) is 6.41. The molecule has 1 aliphatic carbocycles. The zero-order valence-corrected chi connectivity index (χ0v) is 13.3. The molecule has 1 aromatic rings. The van der Waals surface area contributed by atoms with Crippen LogP contribution in [-0.2, 0) is 0 Å². The van der Waals surface area contributed by atoms with Crippen LogP contribution in [0.25, 0.3) is 0 Å². The summed E-state index contributed by atoms with van der Waals surface area (Å²) in [5, 5.41) is 0. The maximum absolute atomic E-state index is 5.63. The summed E-state index contributed by atoms with van der Waals surface area (Å²) in [6.07, 6.45) is 2.40. The average molecular weight is 290 g/mol. The van der Waals surface area contributed by atoms with Crippen molar-refractivity contribution >= 4 is 11.6 Å². The van der Waals surface area contributed by atoms with E-state index in [0.29, 0.717) is 12.0 Å². The highest BCUT2D eigenvalue weighted by Crippen LogP contribution is 2.40. The van der Waals surface area contributed by atoms with E-state index in [0.717, 1.165) is 49.2 Å². The first-order valence-corrected chi connectivity index (χ1v) is 7.94. The summed E-state index contributed by atoms with van der Waals surface area (Å²) in [4.78, 5) is 14.3. The minimum Gasteiger partial charge on any atom is -0.354 e. The fourth-order valence-electron chi connectivity index (χ4n) is 2.94. The smallest absolute Gasteiger partial charge is 0.148 e. The number of nitrogens with zero attached hydrogens (tertiary/aromatic N) is 4. The van der Waals surface area contributed by atoms with Crippen molar-refractivity contribution in [3.63, 3.8) is 0 Å². The van der Waals surface area contributed by atoms with E-state index in [9.17, 15) is 0 Å². The van der Waals surface area contributed by atoms with Gasteiger partial charge < -0.3 is 10.3 Å². The van der Waals surface area contributed by atoms with Crippen molar-refractivity contribution < 1.29 is 0 Å². The maximum Gasteiger partial charge on any atom is 0.148 e. The SMILES string of the molecule is Cc1c(NN)nc(C2CC2)nc1N1CCN(C(C)C)CC1. The summed E-state index contributed by atoms with van der Waals surface area (Å²) in [5.41, 5.74) is 3.79. The molecule has 1 aliphatic heterocycles. The van der Waals surface area contributed by atoms with Crippen molar-refractivity contribution in [3.05, 3.63) is 11.4 Å². The molecule has 1 aromatic heterocycles. The molecule has 0 radical (unpaired) electrons. The summed E-state index contributed by atoms with van der Waals surface area (Å²) in [5.74, 6) is 8.95. The number of nitrogens with one attached hydrogen (secondary N) is 1. The highest BCUT2D eigenvalue weighted by Gasteiger charge is 2.30. The number of rotatable bonds is 4. The van der Waals surface area contributed by atoms with E-state index in [1.165, 1.54) is 12.8 Å². The van der Waals surface area contributed by atoms with E-state index < -0.39 is 0 Å². The van der Waals surface area contributed by atoms with Crippen molar-refractivity contribution in [2.24, 2.45) is 5.84 Å². The third kappa shape index (κ3) is 2.96. The normalized spacial score (nSPS) is 20.1. The van der Waals surface area contributed by atoms with Crippen LogP contribution in [0, 0.1) is 6.92 Å². The fraction of sp³-hybridized carbons (Fsp3) is 0.733. The van der Waals surface area contributed by atoms with Crippen LogP contribution in [0.2, 0.25) is 0 Å². The van der Waals surface area contributed by atoms with Crippen molar-refractivity contribution in [2.75, 3.05) is 36.5 Å². The highest BCUT2D eigenvalue weighted by molar-refractivity contribution is 5.58. The van der Waals surface area contributed by atoms with Crippen LogP contribution >= 0.6 is 0 Å². The highest BCUT2D eigenvalue weighted by atomic mass is 15.3. The van der Waals surface area contributed by atoms with Gasteiger partial charge in [0.15, 0.2) is 0 Å². The molecule has 0 spiro atoms. The van der Waals surface area contributed by atoms with Crippen molar-refractivity contribution in [3.8, 4) is 0 Å². The Morgan fingerprint density at radius 1 is 1.14 bits per heavy atom. The topological polar surface area (TPSA) is 70.3 Å². The van der Waals surface area contributed by atoms with Gasteiger partial charge in [-0.1, -0.05) is 0 Å². The molecule has 0 bridgehead atoms. The number of anilines is 2. The summed E-state index contributed by atoms with van der Waals surface area (Å²) >= 11 is 0. The predicted molar refractivity (Wildman–Crippen MR) is 85.5 cm³/mol. The second-order valence-electron chi connectivity index (χ2n) is 6.41. The van der Waals surface area contributed by atoms with Crippen LogP contribution < -0.4 is 16.2 Å². The maximum atomic E-state index is 5.63. The van der Waals surface area contributed by atoms with Crippen molar-refractivity contribution in [2.45, 2.75) is 45.6 Å². The summed E-state index contributed by atoms with van der Waals surface area (Å²) < 4.78 is 0. The molecule has 0 amide bonds. The molecule has 116 valence electrons. The predicted octanol–water partition coefficient (Wildman–Crippen LogP) is 1.48. The van der Waals surface area contributed by atoms with Gasteiger partial charge in [-0.3, -0.25) is 4.90 Å². The molecule has 3 N–H and O–H groups in total. The third-order valence-corrected chi connectivity index (χ3v) is 4.56. The molecule has 1 saturated carbocycles. The van der Waals surface area contributed by atoms with Crippen LogP contribution in [0.15, 0.2) is 0 Å². The Bertz CT molecular complexity index is 503. The molecule has 0 unspecified atom stereocenters. The minimum atomic E-state index is 0.536. The van der Waals surface area contributed by atoms with Crippen LogP contribution in [0.4, 0.5) is 11.6 Å². The van der Waals surface area contributed by atoms with Gasteiger partial charge >= 0.3 is 0 Å². The Balaban J connectivity index is 1.82. The molecule has 6 nitrogen and oxygen atoms in total. The molecular formula is C15H26N6. The molecule has 0 atom stereocenters. The first kappa shape index (κ1) is 14.5. The molecular weight excluding hydrogens is 264 g/mol. The van der Waals surface area contributed by atoms with E-state index in [4.69, 9.17) is 10.8 Å². The number of hydrogen-bond acceptors (Lipinski definition) is 6. The molecule has 2 fully saturated rings. The van der Waals surface area contributed by atoms with Crippen LogP contribution in [0.5, 0.6) is 0 Å². The zero-order valence-electron chi connectivity index (χ0n) is 13.3.